The van der Waals surface area contributed by atoms with E-state index < -0.39 is 60.0 Å². The molecule has 0 aliphatic rings. The van der Waals surface area contributed by atoms with E-state index in [1.54, 1.807) is 0 Å². The molecule has 0 rings (SSSR count). The van der Waals surface area contributed by atoms with Gasteiger partial charge in [-0.1, -0.05) is 0 Å². The highest BCUT2D eigenvalue weighted by molar-refractivity contribution is 5.24. The number of halogens is 18. The van der Waals surface area contributed by atoms with Crippen molar-refractivity contribution in [2.45, 2.75) is 41.7 Å². The third-order valence-electron chi connectivity index (χ3n) is 2.91. The number of rotatable bonds is 7. The van der Waals surface area contributed by atoms with Gasteiger partial charge in [0, 0.05) is 0 Å². The van der Waals surface area contributed by atoms with E-state index in [9.17, 15) is 79.0 Å². The van der Waals surface area contributed by atoms with Gasteiger partial charge in [0.25, 0.3) is 0 Å². The molecule has 0 bridgehead atoms. The van der Waals surface area contributed by atoms with Crippen LogP contribution in [0.5, 0.6) is 0 Å². The van der Waals surface area contributed by atoms with Crippen molar-refractivity contribution in [2.75, 3.05) is 6.67 Å². The fourth-order valence-corrected chi connectivity index (χ4v) is 1.25. The van der Waals surface area contributed by atoms with E-state index in [2.05, 4.69) is 0 Å². The zero-order valence-electron chi connectivity index (χ0n) is 12.0. The van der Waals surface area contributed by atoms with Crippen LogP contribution >= 0.6 is 0 Å². The molecule has 0 aromatic rings. The largest absolute Gasteiger partial charge is 0.460 e. The molecule has 28 heavy (non-hydrogen) atoms. The Morgan fingerprint density at radius 3 is 1.07 bits per heavy atom. The van der Waals surface area contributed by atoms with Crippen LogP contribution in [0.2, 0.25) is 0 Å². The van der Waals surface area contributed by atoms with Crippen molar-refractivity contribution in [2.24, 2.45) is 0 Å². The first-order valence-corrected chi connectivity index (χ1v) is 5.83. The second-order valence-electron chi connectivity index (χ2n) is 4.84. The van der Waals surface area contributed by atoms with Gasteiger partial charge in [0.2, 0.25) is 11.7 Å². The number of hydrogen-bond donors (Lipinski definition) is 0. The van der Waals surface area contributed by atoms with Crippen molar-refractivity contribution < 1.29 is 79.0 Å². The van der Waals surface area contributed by atoms with Crippen LogP contribution in [0.3, 0.4) is 0 Å². The maximum absolute atomic E-state index is 13.0. The molecule has 0 aromatic carbocycles. The van der Waals surface area contributed by atoms with Crippen LogP contribution in [0.1, 0.15) is 0 Å². The van der Waals surface area contributed by atoms with E-state index >= 15 is 0 Å². The predicted octanol–water partition coefficient (Wildman–Crippen LogP) is 6.48. The van der Waals surface area contributed by atoms with E-state index in [1.165, 1.54) is 0 Å². The summed E-state index contributed by atoms with van der Waals surface area (Å²) in [5, 5.41) is 0. The molecule has 0 unspecified atom stereocenters. The molecule has 0 amide bonds. The lowest BCUT2D eigenvalue weighted by Gasteiger charge is -2.38. The van der Waals surface area contributed by atoms with Crippen LogP contribution in [0, 0.1) is 0 Å². The van der Waals surface area contributed by atoms with Crippen LogP contribution in [-0.2, 0) is 0 Å². The molecule has 0 radical (unpaired) electrons. The minimum Gasteiger partial charge on any atom is -0.244 e. The van der Waals surface area contributed by atoms with Crippen LogP contribution < -0.4 is 0 Å². The van der Waals surface area contributed by atoms with Crippen molar-refractivity contribution in [1.82, 2.24) is 0 Å². The minimum absolute atomic E-state index is 3.88. The Labute approximate surface area is 140 Å². The topological polar surface area (TPSA) is 0 Å². The maximum Gasteiger partial charge on any atom is 0.460 e. The quantitative estimate of drug-likeness (QED) is 0.379. The van der Waals surface area contributed by atoms with Crippen LogP contribution in [-0.4, -0.2) is 48.4 Å². The number of alkyl halides is 16. The molecular formula is C10H2F18. The second kappa shape index (κ2) is 6.77. The lowest BCUT2D eigenvalue weighted by atomic mass is 9.93. The summed E-state index contributed by atoms with van der Waals surface area (Å²) in [7, 11) is 0. The van der Waals surface area contributed by atoms with Crippen molar-refractivity contribution in [1.29, 1.82) is 0 Å². The summed E-state index contributed by atoms with van der Waals surface area (Å²) < 4.78 is 226. The number of allylic oxidation sites excluding steroid dienone is 2. The third kappa shape index (κ3) is 3.46. The van der Waals surface area contributed by atoms with Gasteiger partial charge in [-0.15, -0.1) is 0 Å². The van der Waals surface area contributed by atoms with Gasteiger partial charge < -0.3 is 0 Å². The monoisotopic (exact) mass is 464 g/mol. The Kier molecular flexibility index (Phi) is 6.41. The van der Waals surface area contributed by atoms with Gasteiger partial charge in [0.05, 0.1) is 0 Å². The van der Waals surface area contributed by atoms with E-state index in [4.69, 9.17) is 0 Å². The van der Waals surface area contributed by atoms with Gasteiger partial charge in [-0.3, -0.25) is 0 Å². The van der Waals surface area contributed by atoms with E-state index in [0.717, 1.165) is 0 Å². The average molecular weight is 464 g/mol. The fourth-order valence-electron chi connectivity index (χ4n) is 1.25. The lowest BCUT2D eigenvalue weighted by Crippen LogP contribution is -2.68. The first kappa shape index (κ1) is 26.5. The van der Waals surface area contributed by atoms with Crippen molar-refractivity contribution in [3.63, 3.8) is 0 Å². The van der Waals surface area contributed by atoms with Gasteiger partial charge in [0.1, 0.15) is 0 Å². The maximum atomic E-state index is 13.0. The first-order chi connectivity index (χ1) is 11.9. The summed E-state index contributed by atoms with van der Waals surface area (Å²) in [5.74, 6) is -56.8. The summed E-state index contributed by atoms with van der Waals surface area (Å²) in [6.45, 7) is -3.88. The van der Waals surface area contributed by atoms with Crippen molar-refractivity contribution >= 4 is 0 Å². The summed E-state index contributed by atoms with van der Waals surface area (Å²) in [6.07, 6.45) is -7.30. The van der Waals surface area contributed by atoms with Crippen molar-refractivity contribution in [3.8, 4) is 0 Å². The Hall–Kier alpha value is -1.52. The molecular weight excluding hydrogens is 462 g/mol. The molecule has 0 aromatic heterocycles. The minimum atomic E-state index is -8.26. The van der Waals surface area contributed by atoms with Crippen LogP contribution in [0.15, 0.2) is 11.7 Å². The van der Waals surface area contributed by atoms with E-state index in [1.807, 2.05) is 0 Å². The van der Waals surface area contributed by atoms with Crippen LogP contribution in [0.4, 0.5) is 79.0 Å². The average Bonchev–Trinajstić information content (AvgIpc) is 2.51. The van der Waals surface area contributed by atoms with Crippen molar-refractivity contribution in [3.05, 3.63) is 11.7 Å². The molecule has 0 saturated carbocycles. The molecule has 168 valence electrons. The van der Waals surface area contributed by atoms with Gasteiger partial charge in [0.15, 0.2) is 6.67 Å². The van der Waals surface area contributed by atoms with Gasteiger partial charge in [-0.05, 0) is 0 Å². The predicted molar refractivity (Wildman–Crippen MR) is 51.0 cm³/mol. The molecule has 0 heterocycles. The van der Waals surface area contributed by atoms with E-state index in [-0.39, 0.29) is 0 Å². The Morgan fingerprint density at radius 2 is 0.786 bits per heavy atom. The highest BCUT2D eigenvalue weighted by atomic mass is 19.4. The Balaban J connectivity index is 6.67. The highest BCUT2D eigenvalue weighted by Crippen LogP contribution is 2.59. The zero-order valence-corrected chi connectivity index (χ0v) is 12.0. The summed E-state index contributed by atoms with van der Waals surface area (Å²) >= 11 is 0. The Bertz CT molecular complexity index is 606. The van der Waals surface area contributed by atoms with Gasteiger partial charge >= 0.3 is 41.7 Å². The normalized spacial score (nSPS) is 16.9. The molecule has 0 nitrogen and oxygen atoms in total. The zero-order chi connectivity index (χ0) is 23.4. The molecule has 0 atom stereocenters. The standard InChI is InChI=1S/C10H2F18/c11-1-4(14,15)7(20,21)9(24,25)8(22,23)5(16,17)2(12)3(13)6(18,19)10(26,27)28/h1H2/b3-2+. The van der Waals surface area contributed by atoms with Gasteiger partial charge in [-0.2, -0.15) is 65.9 Å². The summed E-state index contributed by atoms with van der Waals surface area (Å²) in [4.78, 5) is 0. The number of hydrogen-bond acceptors (Lipinski definition) is 0. The van der Waals surface area contributed by atoms with Gasteiger partial charge in [-0.25, -0.2) is 13.2 Å². The molecule has 18 heteroatoms. The molecule has 0 aliphatic heterocycles. The third-order valence-corrected chi connectivity index (χ3v) is 2.91. The smallest absolute Gasteiger partial charge is 0.244 e. The lowest BCUT2D eigenvalue weighted by molar-refractivity contribution is -0.398. The second-order valence-corrected chi connectivity index (χ2v) is 4.84. The molecule has 0 saturated heterocycles. The first-order valence-electron chi connectivity index (χ1n) is 5.83. The molecule has 0 fully saturated rings. The SMILES string of the molecule is FCC(F)(F)C(F)(F)C(F)(F)C(F)(F)C(F)(F)/C(F)=C(\F)C(F)(F)C(F)(F)F. The molecule has 0 aliphatic carbocycles. The summed E-state index contributed by atoms with van der Waals surface area (Å²) in [5.41, 5.74) is 0. The van der Waals surface area contributed by atoms with Crippen LogP contribution in [0.25, 0.3) is 0 Å². The Morgan fingerprint density at radius 1 is 0.464 bits per heavy atom. The summed E-state index contributed by atoms with van der Waals surface area (Å²) in [6, 6.07) is 0. The molecule has 0 spiro atoms. The highest BCUT2D eigenvalue weighted by Gasteiger charge is 2.87. The van der Waals surface area contributed by atoms with E-state index in [0.29, 0.717) is 0 Å². The molecule has 0 N–H and O–H groups in total. The fraction of sp³-hybridized carbons (Fsp3) is 0.800.